The highest BCUT2D eigenvalue weighted by molar-refractivity contribution is 5.96. The summed E-state index contributed by atoms with van der Waals surface area (Å²) in [6, 6.07) is 4.87. The Labute approximate surface area is 234 Å². The largest absolute Gasteiger partial charge is 0.370 e. The average molecular weight is 559 g/mol. The Morgan fingerprint density at radius 2 is 1.62 bits per heavy atom. The predicted molar refractivity (Wildman–Crippen MR) is 150 cm³/mol. The summed E-state index contributed by atoms with van der Waals surface area (Å²) in [5.41, 5.74) is 11.4. The van der Waals surface area contributed by atoms with Gasteiger partial charge in [0, 0.05) is 19.0 Å². The van der Waals surface area contributed by atoms with Crippen molar-refractivity contribution in [3.05, 3.63) is 35.9 Å². The lowest BCUT2D eigenvalue weighted by Gasteiger charge is -2.26. The minimum absolute atomic E-state index is 0.0918. The van der Waals surface area contributed by atoms with Gasteiger partial charge in [0.05, 0.1) is 0 Å². The van der Waals surface area contributed by atoms with Gasteiger partial charge in [0.15, 0.2) is 5.96 Å². The monoisotopic (exact) mass is 558 g/mol. The molecule has 1 heterocycles. The lowest BCUT2D eigenvalue weighted by Crippen LogP contribution is -2.57. The predicted octanol–water partition coefficient (Wildman–Crippen LogP) is -0.672. The van der Waals surface area contributed by atoms with E-state index in [0.29, 0.717) is 18.4 Å². The van der Waals surface area contributed by atoms with Crippen molar-refractivity contribution >= 4 is 35.5 Å². The van der Waals surface area contributed by atoms with Gasteiger partial charge in [-0.25, -0.2) is 0 Å². The Balaban J connectivity index is 2.37. The molecule has 0 radical (unpaired) electrons. The SMILES string of the molecule is CC[C@@H]1NC(=O)[C@H](CCCN=C(N)N)NC(=O)[C@H](NC(=O)C(C)C)CCCNC(=O)[C@@H](c2ccccc2)NC1=O. The summed E-state index contributed by atoms with van der Waals surface area (Å²) >= 11 is 0. The molecule has 0 aliphatic carbocycles. The molecule has 13 heteroatoms. The summed E-state index contributed by atoms with van der Waals surface area (Å²) in [4.78, 5) is 69.3. The van der Waals surface area contributed by atoms with Crippen LogP contribution in [0.3, 0.4) is 0 Å². The molecule has 220 valence electrons. The van der Waals surface area contributed by atoms with Crippen LogP contribution in [0, 0.1) is 5.92 Å². The Kier molecular flexibility index (Phi) is 12.9. The number of carbonyl (C=O) groups is 5. The van der Waals surface area contributed by atoms with Crippen LogP contribution >= 0.6 is 0 Å². The van der Waals surface area contributed by atoms with Crippen molar-refractivity contribution in [1.29, 1.82) is 0 Å². The van der Waals surface area contributed by atoms with Crippen LogP contribution in [-0.4, -0.2) is 66.7 Å². The number of benzene rings is 1. The number of aliphatic imine (C=N–C) groups is 1. The number of amides is 5. The summed E-state index contributed by atoms with van der Waals surface area (Å²) in [6.07, 6.45) is 1.37. The molecule has 5 amide bonds. The van der Waals surface area contributed by atoms with E-state index in [0.717, 1.165) is 0 Å². The van der Waals surface area contributed by atoms with Crippen molar-refractivity contribution in [2.24, 2.45) is 22.4 Å². The van der Waals surface area contributed by atoms with Crippen LogP contribution in [0.4, 0.5) is 0 Å². The third-order valence-electron chi connectivity index (χ3n) is 6.43. The molecule has 1 fully saturated rings. The molecule has 0 aromatic heterocycles. The Morgan fingerprint density at radius 3 is 2.25 bits per heavy atom. The van der Waals surface area contributed by atoms with Gasteiger partial charge < -0.3 is 38.1 Å². The molecule has 2 rings (SSSR count). The molecule has 9 N–H and O–H groups in total. The van der Waals surface area contributed by atoms with Gasteiger partial charge >= 0.3 is 0 Å². The maximum absolute atomic E-state index is 13.3. The number of nitrogens with zero attached hydrogens (tertiary/aromatic N) is 1. The highest BCUT2D eigenvalue weighted by atomic mass is 16.2. The van der Waals surface area contributed by atoms with Crippen LogP contribution in [0.2, 0.25) is 0 Å². The molecule has 0 spiro atoms. The number of guanidine groups is 1. The van der Waals surface area contributed by atoms with Crippen LogP contribution in [0.1, 0.15) is 64.5 Å². The van der Waals surface area contributed by atoms with E-state index >= 15 is 0 Å². The maximum atomic E-state index is 13.3. The second-order valence-corrected chi connectivity index (χ2v) is 9.98. The molecule has 1 aromatic carbocycles. The molecule has 1 aliphatic rings. The molecular weight excluding hydrogens is 516 g/mol. The average Bonchev–Trinajstić information content (AvgIpc) is 2.92. The molecule has 13 nitrogen and oxygen atoms in total. The van der Waals surface area contributed by atoms with Crippen LogP contribution in [0.15, 0.2) is 35.3 Å². The number of nitrogens with one attached hydrogen (secondary N) is 5. The number of hydrogen-bond donors (Lipinski definition) is 7. The zero-order valence-corrected chi connectivity index (χ0v) is 23.4. The van der Waals surface area contributed by atoms with Crippen LogP contribution in [-0.2, 0) is 24.0 Å². The highest BCUT2D eigenvalue weighted by Crippen LogP contribution is 2.14. The first-order chi connectivity index (χ1) is 19.0. The van der Waals surface area contributed by atoms with Gasteiger partial charge in [-0.2, -0.15) is 0 Å². The lowest BCUT2D eigenvalue weighted by molar-refractivity contribution is -0.135. The van der Waals surface area contributed by atoms with Crippen LogP contribution in [0.25, 0.3) is 0 Å². The van der Waals surface area contributed by atoms with Gasteiger partial charge in [0.1, 0.15) is 24.2 Å². The normalized spacial score (nSPS) is 23.0. The van der Waals surface area contributed by atoms with Gasteiger partial charge in [0.2, 0.25) is 29.5 Å². The quantitative estimate of drug-likeness (QED) is 0.124. The van der Waals surface area contributed by atoms with E-state index in [4.69, 9.17) is 11.5 Å². The number of nitrogens with two attached hydrogens (primary N) is 2. The smallest absolute Gasteiger partial charge is 0.247 e. The fourth-order valence-corrected chi connectivity index (χ4v) is 4.09. The molecular formula is C27H42N8O5. The molecule has 1 aromatic rings. The number of carbonyl (C=O) groups excluding carboxylic acids is 5. The van der Waals surface area contributed by atoms with E-state index in [2.05, 4.69) is 31.6 Å². The van der Waals surface area contributed by atoms with E-state index in [-0.39, 0.29) is 50.1 Å². The first-order valence-corrected chi connectivity index (χ1v) is 13.6. The second kappa shape index (κ2) is 16.1. The molecule has 1 aliphatic heterocycles. The zero-order valence-electron chi connectivity index (χ0n) is 23.4. The third kappa shape index (κ3) is 10.2. The Bertz CT molecular complexity index is 1060. The molecule has 40 heavy (non-hydrogen) atoms. The topological polar surface area (TPSA) is 210 Å². The van der Waals surface area contributed by atoms with Crippen molar-refractivity contribution in [1.82, 2.24) is 26.6 Å². The first-order valence-electron chi connectivity index (χ1n) is 13.6. The summed E-state index contributed by atoms with van der Waals surface area (Å²) in [7, 11) is 0. The van der Waals surface area contributed by atoms with E-state index in [9.17, 15) is 24.0 Å². The fraction of sp³-hybridized carbons (Fsp3) is 0.556. The maximum Gasteiger partial charge on any atom is 0.247 e. The van der Waals surface area contributed by atoms with Crippen molar-refractivity contribution in [2.45, 2.75) is 77.0 Å². The standard InChI is InChI=1S/C27H42N8O5/c1-4-18-23(37)35-21(17-10-6-5-7-11-17)26(40)30-14-8-12-19(33-22(36)16(2)3)25(39)34-20(24(38)32-18)13-9-15-31-27(28)29/h5-7,10-11,16,18-21H,4,8-9,12-15H2,1-3H3,(H,30,40)(H,32,38)(H,33,36)(H,34,39)(H,35,37)(H4,28,29,31)/t18-,19+,20-,21+/m0/s1. The molecule has 0 unspecified atom stereocenters. The zero-order chi connectivity index (χ0) is 29.7. The summed E-state index contributed by atoms with van der Waals surface area (Å²) in [6.45, 7) is 5.58. The van der Waals surface area contributed by atoms with Crippen molar-refractivity contribution < 1.29 is 24.0 Å². The van der Waals surface area contributed by atoms with Gasteiger partial charge in [0.25, 0.3) is 0 Å². The summed E-state index contributed by atoms with van der Waals surface area (Å²) in [5.74, 6) is -2.87. The number of rotatable bonds is 8. The number of hydrogen-bond acceptors (Lipinski definition) is 6. The second-order valence-electron chi connectivity index (χ2n) is 9.98. The minimum atomic E-state index is -1.02. The summed E-state index contributed by atoms with van der Waals surface area (Å²) in [5, 5.41) is 13.7. The molecule has 1 saturated heterocycles. The van der Waals surface area contributed by atoms with Gasteiger partial charge in [-0.15, -0.1) is 0 Å². The van der Waals surface area contributed by atoms with E-state index in [1.807, 2.05) is 0 Å². The molecule has 0 saturated carbocycles. The van der Waals surface area contributed by atoms with Crippen LogP contribution in [0.5, 0.6) is 0 Å². The minimum Gasteiger partial charge on any atom is -0.370 e. The molecule has 4 atom stereocenters. The van der Waals surface area contributed by atoms with Crippen molar-refractivity contribution in [3.8, 4) is 0 Å². The first kappa shape index (κ1) is 32.1. The van der Waals surface area contributed by atoms with E-state index in [1.54, 1.807) is 51.1 Å². The highest BCUT2D eigenvalue weighted by Gasteiger charge is 2.31. The van der Waals surface area contributed by atoms with Crippen molar-refractivity contribution in [2.75, 3.05) is 13.1 Å². The van der Waals surface area contributed by atoms with Gasteiger partial charge in [-0.05, 0) is 37.7 Å². The fourth-order valence-electron chi connectivity index (χ4n) is 4.09. The summed E-state index contributed by atoms with van der Waals surface area (Å²) < 4.78 is 0. The van der Waals surface area contributed by atoms with Crippen molar-refractivity contribution in [3.63, 3.8) is 0 Å². The third-order valence-corrected chi connectivity index (χ3v) is 6.43. The van der Waals surface area contributed by atoms with Gasteiger partial charge in [-0.3, -0.25) is 29.0 Å². The van der Waals surface area contributed by atoms with Gasteiger partial charge in [-0.1, -0.05) is 51.1 Å². The van der Waals surface area contributed by atoms with E-state index < -0.39 is 47.8 Å². The Hall–Kier alpha value is -4.16. The lowest BCUT2D eigenvalue weighted by atomic mass is 10.0. The van der Waals surface area contributed by atoms with E-state index in [1.165, 1.54) is 0 Å². The molecule has 0 bridgehead atoms. The van der Waals surface area contributed by atoms with Crippen LogP contribution < -0.4 is 38.1 Å². The Morgan fingerprint density at radius 1 is 0.975 bits per heavy atom.